The van der Waals surface area contributed by atoms with E-state index < -0.39 is 17.4 Å². The van der Waals surface area contributed by atoms with Gasteiger partial charge in [-0.1, -0.05) is 0 Å². The number of primary amides is 1. The topological polar surface area (TPSA) is 150 Å². The van der Waals surface area contributed by atoms with Crippen LogP contribution in [0.25, 0.3) is 11.3 Å². The van der Waals surface area contributed by atoms with Crippen molar-refractivity contribution in [2.45, 2.75) is 45.3 Å². The summed E-state index contributed by atoms with van der Waals surface area (Å²) in [5, 5.41) is 2.50. The van der Waals surface area contributed by atoms with E-state index in [4.69, 9.17) is 10.5 Å². The Morgan fingerprint density at radius 2 is 1.85 bits per heavy atom. The van der Waals surface area contributed by atoms with Gasteiger partial charge in [-0.15, -0.1) is 0 Å². The number of aromatic nitrogens is 4. The molecule has 3 heterocycles. The summed E-state index contributed by atoms with van der Waals surface area (Å²) in [6.07, 6.45) is 6.13. The highest BCUT2D eigenvalue weighted by Crippen LogP contribution is 2.33. The molecule has 1 aliphatic rings. The van der Waals surface area contributed by atoms with Crippen molar-refractivity contribution >= 4 is 29.1 Å². The van der Waals surface area contributed by atoms with Gasteiger partial charge in [0.05, 0.1) is 16.8 Å². The summed E-state index contributed by atoms with van der Waals surface area (Å²) in [4.78, 5) is 49.0. The Bertz CT molecular complexity index is 1220. The molecule has 3 aromatic rings. The minimum absolute atomic E-state index is 0.0821. The van der Waals surface area contributed by atoms with Gasteiger partial charge in [-0.25, -0.2) is 15.0 Å². The Labute approximate surface area is 200 Å². The van der Waals surface area contributed by atoms with Crippen molar-refractivity contribution in [3.8, 4) is 17.0 Å². The molecule has 4 rings (SSSR count). The van der Waals surface area contributed by atoms with Crippen LogP contribution in [-0.4, -0.2) is 42.5 Å². The molecule has 1 aliphatic carbocycles. The van der Waals surface area contributed by atoms with E-state index in [2.05, 4.69) is 24.6 Å². The van der Waals surface area contributed by atoms with Crippen LogP contribution in [0.4, 0.5) is 0 Å². The van der Waals surface area contributed by atoms with Gasteiger partial charge in [0.15, 0.2) is 5.78 Å². The molecule has 0 aromatic carbocycles. The number of carbonyl (C=O) groups excluding carboxylic acids is 3. The van der Waals surface area contributed by atoms with E-state index in [1.54, 1.807) is 18.3 Å². The number of nitrogens with two attached hydrogens (primary N) is 1. The van der Waals surface area contributed by atoms with Crippen LogP contribution in [0.15, 0.2) is 36.8 Å². The first-order valence-electron chi connectivity index (χ1n) is 10.7. The zero-order chi connectivity index (χ0) is 24.5. The average molecular weight is 481 g/mol. The van der Waals surface area contributed by atoms with Crippen molar-refractivity contribution in [1.29, 1.82) is 0 Å². The molecule has 176 valence electrons. The fourth-order valence-electron chi connectivity index (χ4n) is 3.01. The quantitative estimate of drug-likeness (QED) is 0.444. The highest BCUT2D eigenvalue weighted by Gasteiger charge is 2.31. The molecule has 3 aromatic heterocycles. The molecule has 1 saturated carbocycles. The summed E-state index contributed by atoms with van der Waals surface area (Å²) in [6.45, 7) is 4.89. The van der Waals surface area contributed by atoms with Gasteiger partial charge < -0.3 is 15.8 Å². The van der Waals surface area contributed by atoms with Gasteiger partial charge in [-0.2, -0.15) is 4.37 Å². The lowest BCUT2D eigenvalue weighted by Gasteiger charge is -2.21. The van der Waals surface area contributed by atoms with Gasteiger partial charge in [-0.3, -0.25) is 14.4 Å². The van der Waals surface area contributed by atoms with Crippen LogP contribution < -0.4 is 15.8 Å². The van der Waals surface area contributed by atoms with Crippen LogP contribution in [0.3, 0.4) is 0 Å². The van der Waals surface area contributed by atoms with Gasteiger partial charge in [0, 0.05) is 23.9 Å². The molecule has 0 spiro atoms. The molecule has 1 atom stereocenters. The molecule has 0 radical (unpaired) electrons. The molecule has 3 N–H and O–H groups in total. The molecule has 34 heavy (non-hydrogen) atoms. The lowest BCUT2D eigenvalue weighted by Crippen LogP contribution is -2.53. The zero-order valence-corrected chi connectivity index (χ0v) is 19.8. The summed E-state index contributed by atoms with van der Waals surface area (Å²) in [5.74, 6) is -0.567. The standard InChI is InChI=1S/C23H24N6O4S/c1-12(33-15-6-7-16(25-11-15)19(30)13-4-5-13)18-8-17(29-34-18)14-9-26-20(27-10-14)21(31)28-23(2,3)22(24)32/h6-13H,4-5H2,1-3H3,(H2,24,32)(H,28,31)/t12-/m1/s1. The van der Waals surface area contributed by atoms with Gasteiger partial charge in [-0.05, 0) is 63.3 Å². The normalized spacial score (nSPS) is 14.3. The highest BCUT2D eigenvalue weighted by molar-refractivity contribution is 7.06. The minimum Gasteiger partial charge on any atom is -0.484 e. The maximum Gasteiger partial charge on any atom is 0.289 e. The Kier molecular flexibility index (Phi) is 6.38. The molecule has 2 amide bonds. The van der Waals surface area contributed by atoms with Crippen molar-refractivity contribution in [2.24, 2.45) is 11.7 Å². The highest BCUT2D eigenvalue weighted by atomic mass is 32.1. The molecule has 0 bridgehead atoms. The third kappa shape index (κ3) is 5.25. The Hall–Kier alpha value is -3.73. The zero-order valence-electron chi connectivity index (χ0n) is 18.9. The predicted octanol–water partition coefficient (Wildman–Crippen LogP) is 2.72. The van der Waals surface area contributed by atoms with Gasteiger partial charge in [0.1, 0.15) is 23.1 Å². The number of Topliss-reactive ketones (excluding diaryl/α,β-unsaturated/α-hetero) is 1. The second-order valence-electron chi connectivity index (χ2n) is 8.63. The average Bonchev–Trinajstić information content (AvgIpc) is 3.54. The van der Waals surface area contributed by atoms with E-state index in [1.807, 2.05) is 13.0 Å². The maximum absolute atomic E-state index is 12.3. The van der Waals surface area contributed by atoms with Crippen molar-refractivity contribution in [3.05, 3.63) is 53.2 Å². The smallest absolute Gasteiger partial charge is 0.289 e. The van der Waals surface area contributed by atoms with Crippen molar-refractivity contribution in [3.63, 3.8) is 0 Å². The molecular weight excluding hydrogens is 456 g/mol. The summed E-state index contributed by atoms with van der Waals surface area (Å²) in [6, 6.07) is 5.31. The van der Waals surface area contributed by atoms with Crippen LogP contribution in [0.5, 0.6) is 5.75 Å². The Morgan fingerprint density at radius 1 is 1.15 bits per heavy atom. The lowest BCUT2D eigenvalue weighted by atomic mass is 10.1. The first kappa shape index (κ1) is 23.4. The van der Waals surface area contributed by atoms with E-state index in [0.717, 1.165) is 17.7 Å². The Balaban J connectivity index is 1.39. The Morgan fingerprint density at radius 3 is 2.44 bits per heavy atom. The molecule has 0 unspecified atom stereocenters. The summed E-state index contributed by atoms with van der Waals surface area (Å²) >= 11 is 1.28. The fourth-order valence-corrected chi connectivity index (χ4v) is 3.73. The van der Waals surface area contributed by atoms with Gasteiger partial charge in [0.25, 0.3) is 5.91 Å². The number of hydrogen-bond acceptors (Lipinski definition) is 9. The van der Waals surface area contributed by atoms with Crippen LogP contribution >= 0.6 is 11.5 Å². The van der Waals surface area contributed by atoms with E-state index in [9.17, 15) is 14.4 Å². The van der Waals surface area contributed by atoms with Crippen LogP contribution in [0.1, 0.15) is 65.7 Å². The predicted molar refractivity (Wildman–Crippen MR) is 124 cm³/mol. The number of pyridine rings is 1. The van der Waals surface area contributed by atoms with E-state index in [1.165, 1.54) is 37.8 Å². The number of carbonyl (C=O) groups is 3. The summed E-state index contributed by atoms with van der Waals surface area (Å²) in [5.41, 5.74) is 5.80. The second kappa shape index (κ2) is 9.26. The molecule has 1 fully saturated rings. The monoisotopic (exact) mass is 480 g/mol. The number of nitrogens with zero attached hydrogens (tertiary/aromatic N) is 4. The second-order valence-corrected chi connectivity index (χ2v) is 9.47. The molecule has 0 saturated heterocycles. The minimum atomic E-state index is -1.22. The molecular formula is C23H24N6O4S. The van der Waals surface area contributed by atoms with E-state index in [-0.39, 0.29) is 23.6 Å². The number of amides is 2. The molecule has 10 nitrogen and oxygen atoms in total. The van der Waals surface area contributed by atoms with Gasteiger partial charge in [0.2, 0.25) is 11.7 Å². The summed E-state index contributed by atoms with van der Waals surface area (Å²) in [7, 11) is 0. The first-order valence-corrected chi connectivity index (χ1v) is 11.5. The molecule has 11 heteroatoms. The largest absolute Gasteiger partial charge is 0.484 e. The number of nitrogens with one attached hydrogen (secondary N) is 1. The first-order chi connectivity index (χ1) is 16.1. The van der Waals surface area contributed by atoms with Crippen molar-refractivity contribution < 1.29 is 19.1 Å². The van der Waals surface area contributed by atoms with E-state index in [0.29, 0.717) is 22.7 Å². The third-order valence-corrected chi connectivity index (χ3v) is 6.32. The van der Waals surface area contributed by atoms with Crippen molar-refractivity contribution in [2.75, 3.05) is 0 Å². The van der Waals surface area contributed by atoms with Crippen LogP contribution in [0.2, 0.25) is 0 Å². The fraction of sp³-hybridized carbons (Fsp3) is 0.348. The summed E-state index contributed by atoms with van der Waals surface area (Å²) < 4.78 is 10.4. The number of rotatable bonds is 9. The third-order valence-electron chi connectivity index (χ3n) is 5.37. The van der Waals surface area contributed by atoms with Crippen LogP contribution in [0, 0.1) is 5.92 Å². The van der Waals surface area contributed by atoms with Crippen molar-refractivity contribution in [1.82, 2.24) is 24.6 Å². The number of ketones is 1. The van der Waals surface area contributed by atoms with Crippen LogP contribution in [-0.2, 0) is 4.79 Å². The van der Waals surface area contributed by atoms with E-state index >= 15 is 0 Å². The van der Waals surface area contributed by atoms with Gasteiger partial charge >= 0.3 is 0 Å². The number of ether oxygens (including phenoxy) is 1. The maximum atomic E-state index is 12.3. The SMILES string of the molecule is C[C@@H](Oc1ccc(C(=O)C2CC2)nc1)c1cc(-c2cnc(C(=O)NC(C)(C)C(N)=O)nc2)ns1. The lowest BCUT2D eigenvalue weighted by molar-refractivity contribution is -0.122. The molecule has 0 aliphatic heterocycles. The number of hydrogen-bond donors (Lipinski definition) is 2.